The van der Waals surface area contributed by atoms with Crippen molar-refractivity contribution in [1.29, 1.82) is 0 Å². The van der Waals surface area contributed by atoms with Crippen LogP contribution >= 0.6 is 23.1 Å². The van der Waals surface area contributed by atoms with Gasteiger partial charge in [0.1, 0.15) is 5.37 Å². The maximum Gasteiger partial charge on any atom is 0.166 e. The molecule has 4 nitrogen and oxygen atoms in total. The van der Waals surface area contributed by atoms with Gasteiger partial charge in [-0.05, 0) is 28.8 Å². The number of thioether (sulfide) groups is 1. The van der Waals surface area contributed by atoms with E-state index in [0.717, 1.165) is 24.3 Å². The molecule has 2 rings (SSSR count). The minimum Gasteiger partial charge on any atom is -0.326 e. The van der Waals surface area contributed by atoms with Crippen molar-refractivity contribution < 1.29 is 8.42 Å². The lowest BCUT2D eigenvalue weighted by molar-refractivity contribution is 0.165. The van der Waals surface area contributed by atoms with Crippen LogP contribution in [0.1, 0.15) is 31.9 Å². The normalized spacial score (nSPS) is 23.9. The molecule has 2 N–H and O–H groups in total. The molecule has 3 atom stereocenters. The Morgan fingerprint density at radius 3 is 2.81 bits per heavy atom. The van der Waals surface area contributed by atoms with Crippen molar-refractivity contribution in [3.63, 3.8) is 0 Å². The number of sulfone groups is 1. The van der Waals surface area contributed by atoms with Gasteiger partial charge in [-0.25, -0.2) is 8.42 Å². The van der Waals surface area contributed by atoms with E-state index >= 15 is 0 Å². The van der Waals surface area contributed by atoms with Gasteiger partial charge in [0.2, 0.25) is 0 Å². The summed E-state index contributed by atoms with van der Waals surface area (Å²) in [6, 6.07) is 2.02. The average Bonchev–Trinajstić information content (AvgIpc) is 3.01. The third-order valence-corrected chi connectivity index (χ3v) is 8.07. The highest BCUT2D eigenvalue weighted by Crippen LogP contribution is 2.34. The lowest BCUT2D eigenvalue weighted by Gasteiger charge is -2.42. The van der Waals surface area contributed by atoms with E-state index in [1.807, 2.05) is 5.38 Å². The predicted molar refractivity (Wildman–Crippen MR) is 92.6 cm³/mol. The zero-order chi connectivity index (χ0) is 15.5. The molecule has 21 heavy (non-hydrogen) atoms. The number of hydrogen-bond acceptors (Lipinski definition) is 6. The minimum absolute atomic E-state index is 0.00604. The zero-order valence-corrected chi connectivity index (χ0v) is 15.0. The molecule has 1 fully saturated rings. The summed E-state index contributed by atoms with van der Waals surface area (Å²) in [4.78, 5) is 2.13. The number of nitrogens with zero attached hydrogens (tertiary/aromatic N) is 1. The molecular weight excluding hydrogens is 324 g/mol. The fourth-order valence-corrected chi connectivity index (χ4v) is 6.51. The van der Waals surface area contributed by atoms with Crippen LogP contribution in [0.25, 0.3) is 0 Å². The van der Waals surface area contributed by atoms with Crippen LogP contribution in [0.2, 0.25) is 0 Å². The highest BCUT2D eigenvalue weighted by Gasteiger charge is 2.39. The molecule has 0 aliphatic carbocycles. The molecule has 0 saturated carbocycles. The van der Waals surface area contributed by atoms with Crippen LogP contribution in [-0.4, -0.2) is 48.5 Å². The Morgan fingerprint density at radius 2 is 2.24 bits per heavy atom. The molecule has 120 valence electrons. The van der Waals surface area contributed by atoms with Crippen LogP contribution in [0.3, 0.4) is 0 Å². The van der Waals surface area contributed by atoms with Crippen LogP contribution in [-0.2, 0) is 9.84 Å². The fourth-order valence-electron chi connectivity index (χ4n) is 2.77. The SMILES string of the molecule is CCC(N)C(c1ccsc1)N1CCSCC1S(=O)(=O)CC. The van der Waals surface area contributed by atoms with Crippen molar-refractivity contribution in [2.24, 2.45) is 5.73 Å². The molecular formula is C14H24N2O2S3. The second-order valence-corrected chi connectivity index (χ2v) is 9.67. The van der Waals surface area contributed by atoms with E-state index in [2.05, 4.69) is 23.3 Å². The van der Waals surface area contributed by atoms with E-state index in [1.165, 1.54) is 0 Å². The fraction of sp³-hybridized carbons (Fsp3) is 0.714. The van der Waals surface area contributed by atoms with Crippen LogP contribution in [0.5, 0.6) is 0 Å². The molecule has 3 unspecified atom stereocenters. The Bertz CT molecular complexity index is 530. The van der Waals surface area contributed by atoms with E-state index in [4.69, 9.17) is 5.73 Å². The molecule has 1 aromatic rings. The Morgan fingerprint density at radius 1 is 1.48 bits per heavy atom. The van der Waals surface area contributed by atoms with Crippen molar-refractivity contribution in [2.45, 2.75) is 37.7 Å². The highest BCUT2D eigenvalue weighted by molar-refractivity contribution is 8.01. The summed E-state index contributed by atoms with van der Waals surface area (Å²) < 4.78 is 24.9. The molecule has 0 aromatic carbocycles. The quantitative estimate of drug-likeness (QED) is 0.855. The second kappa shape index (κ2) is 7.46. The van der Waals surface area contributed by atoms with Gasteiger partial charge in [-0.15, -0.1) is 0 Å². The van der Waals surface area contributed by atoms with Crippen molar-refractivity contribution >= 4 is 32.9 Å². The molecule has 0 spiro atoms. The number of thiophene rings is 1. The molecule has 1 aromatic heterocycles. The summed E-state index contributed by atoms with van der Waals surface area (Å²) in [5.74, 6) is 1.80. The van der Waals surface area contributed by atoms with Crippen molar-refractivity contribution in [1.82, 2.24) is 4.90 Å². The number of nitrogens with two attached hydrogens (primary N) is 1. The van der Waals surface area contributed by atoms with Gasteiger partial charge in [-0.1, -0.05) is 13.8 Å². The molecule has 7 heteroatoms. The summed E-state index contributed by atoms with van der Waals surface area (Å²) in [7, 11) is -3.10. The van der Waals surface area contributed by atoms with E-state index in [-0.39, 0.29) is 17.8 Å². The van der Waals surface area contributed by atoms with Gasteiger partial charge in [-0.3, -0.25) is 4.90 Å². The molecule has 0 bridgehead atoms. The molecule has 1 aliphatic rings. The van der Waals surface area contributed by atoms with Gasteiger partial charge < -0.3 is 5.73 Å². The predicted octanol–water partition coefficient (Wildman–Crippen LogP) is 2.34. The van der Waals surface area contributed by atoms with Gasteiger partial charge in [0.05, 0.1) is 6.04 Å². The largest absolute Gasteiger partial charge is 0.326 e. The first-order valence-electron chi connectivity index (χ1n) is 7.34. The first-order valence-corrected chi connectivity index (χ1v) is 11.1. The number of rotatable bonds is 6. The third-order valence-electron chi connectivity index (χ3n) is 4.06. The van der Waals surface area contributed by atoms with Crippen molar-refractivity contribution in [3.05, 3.63) is 22.4 Å². The van der Waals surface area contributed by atoms with E-state index in [0.29, 0.717) is 5.75 Å². The van der Waals surface area contributed by atoms with Gasteiger partial charge in [-0.2, -0.15) is 23.1 Å². The molecule has 1 saturated heterocycles. The van der Waals surface area contributed by atoms with Crippen LogP contribution in [0, 0.1) is 0 Å². The van der Waals surface area contributed by atoms with Crippen LogP contribution < -0.4 is 5.73 Å². The maximum atomic E-state index is 12.5. The summed E-state index contributed by atoms with van der Waals surface area (Å²) in [6.45, 7) is 4.57. The Labute approximate surface area is 136 Å². The zero-order valence-electron chi connectivity index (χ0n) is 12.6. The standard InChI is InChI=1S/C14H24N2O2S3/c1-3-12(15)14(11-5-7-19-9-11)16-6-8-20-10-13(16)21(17,18)4-2/h5,7,9,12-14H,3-4,6,8,10,15H2,1-2H3. The average molecular weight is 349 g/mol. The Balaban J connectivity index is 2.36. The summed E-state index contributed by atoms with van der Waals surface area (Å²) in [5, 5.41) is 3.72. The Hall–Kier alpha value is -0.0800. The Kier molecular flexibility index (Phi) is 6.14. The van der Waals surface area contributed by atoms with Crippen LogP contribution in [0.4, 0.5) is 0 Å². The first kappa shape index (κ1) is 17.3. The minimum atomic E-state index is -3.10. The molecule has 0 radical (unpaired) electrons. The van der Waals surface area contributed by atoms with Gasteiger partial charge in [0.25, 0.3) is 0 Å². The smallest absolute Gasteiger partial charge is 0.166 e. The topological polar surface area (TPSA) is 63.4 Å². The van der Waals surface area contributed by atoms with Gasteiger partial charge >= 0.3 is 0 Å². The maximum absolute atomic E-state index is 12.5. The van der Waals surface area contributed by atoms with E-state index < -0.39 is 15.2 Å². The lowest BCUT2D eigenvalue weighted by atomic mass is 9.98. The second-order valence-electron chi connectivity index (χ2n) is 5.29. The van der Waals surface area contributed by atoms with E-state index in [1.54, 1.807) is 30.0 Å². The van der Waals surface area contributed by atoms with Gasteiger partial charge in [0.15, 0.2) is 9.84 Å². The van der Waals surface area contributed by atoms with Crippen molar-refractivity contribution in [2.75, 3.05) is 23.8 Å². The summed E-state index contributed by atoms with van der Waals surface area (Å²) >= 11 is 3.36. The lowest BCUT2D eigenvalue weighted by Crippen LogP contribution is -2.53. The third kappa shape index (κ3) is 3.82. The monoisotopic (exact) mass is 348 g/mol. The van der Waals surface area contributed by atoms with E-state index in [9.17, 15) is 8.42 Å². The molecule has 0 amide bonds. The number of hydrogen-bond donors (Lipinski definition) is 1. The van der Waals surface area contributed by atoms with Gasteiger partial charge in [0, 0.05) is 29.8 Å². The first-order chi connectivity index (χ1) is 10.0. The van der Waals surface area contributed by atoms with Crippen molar-refractivity contribution in [3.8, 4) is 0 Å². The highest BCUT2D eigenvalue weighted by atomic mass is 32.2. The molecule has 2 heterocycles. The molecule has 1 aliphatic heterocycles. The summed E-state index contributed by atoms with van der Waals surface area (Å²) in [6.07, 6.45) is 0.836. The summed E-state index contributed by atoms with van der Waals surface area (Å²) in [5.41, 5.74) is 7.50. The van der Waals surface area contributed by atoms with Crippen LogP contribution in [0.15, 0.2) is 16.8 Å².